The number of aliphatic hydroxyl groups is 1. The minimum absolute atomic E-state index is 0.0568. The summed E-state index contributed by atoms with van der Waals surface area (Å²) in [6.07, 6.45) is 2.07. The molecule has 3 nitrogen and oxygen atoms in total. The molecular formula is C15H23NO2S. The number of hydrogen-bond donors (Lipinski definition) is 2. The highest BCUT2D eigenvalue weighted by molar-refractivity contribution is 7.99. The molecule has 0 bridgehead atoms. The molecule has 0 saturated carbocycles. The largest absolute Gasteiger partial charge is 0.393 e. The highest BCUT2D eigenvalue weighted by atomic mass is 32.2. The van der Waals surface area contributed by atoms with Crippen molar-refractivity contribution in [3.05, 3.63) is 35.9 Å². The van der Waals surface area contributed by atoms with Gasteiger partial charge in [0, 0.05) is 6.54 Å². The molecular weight excluding hydrogens is 258 g/mol. The fraction of sp³-hybridized carbons (Fsp3) is 0.533. The molecule has 2 N–H and O–H groups in total. The first-order chi connectivity index (χ1) is 9.22. The Bertz CT molecular complexity index is 356. The van der Waals surface area contributed by atoms with Crippen LogP contribution in [0.5, 0.6) is 0 Å². The van der Waals surface area contributed by atoms with E-state index in [1.54, 1.807) is 11.8 Å². The molecule has 0 fully saturated rings. The zero-order valence-electron chi connectivity index (χ0n) is 11.5. The normalized spacial score (nSPS) is 12.1. The van der Waals surface area contributed by atoms with Crippen molar-refractivity contribution in [2.75, 3.05) is 18.1 Å². The van der Waals surface area contributed by atoms with Crippen LogP contribution in [-0.4, -0.2) is 35.2 Å². The van der Waals surface area contributed by atoms with Gasteiger partial charge in [0.15, 0.2) is 0 Å². The highest BCUT2D eigenvalue weighted by Gasteiger charge is 2.04. The van der Waals surface area contributed by atoms with E-state index in [1.807, 2.05) is 25.1 Å². The lowest BCUT2D eigenvalue weighted by Crippen LogP contribution is -2.28. The predicted octanol–water partition coefficient (Wildman–Crippen LogP) is 2.24. The molecule has 1 aromatic carbocycles. The molecule has 1 aromatic rings. The maximum atomic E-state index is 11.5. The summed E-state index contributed by atoms with van der Waals surface area (Å²) in [4.78, 5) is 11.5. The topological polar surface area (TPSA) is 49.3 Å². The highest BCUT2D eigenvalue weighted by Crippen LogP contribution is 2.06. The Kier molecular flexibility index (Phi) is 8.34. The SMILES string of the molecule is CCC(O)CCNC(=O)CSCCc1ccccc1. The fourth-order valence-electron chi connectivity index (χ4n) is 1.63. The summed E-state index contributed by atoms with van der Waals surface area (Å²) in [6, 6.07) is 10.3. The average molecular weight is 281 g/mol. The minimum atomic E-state index is -0.300. The molecule has 4 heteroatoms. The summed E-state index contributed by atoms with van der Waals surface area (Å²) in [5.41, 5.74) is 1.31. The van der Waals surface area contributed by atoms with Gasteiger partial charge in [-0.1, -0.05) is 37.3 Å². The number of carbonyl (C=O) groups excluding carboxylic acids is 1. The van der Waals surface area contributed by atoms with E-state index in [9.17, 15) is 9.90 Å². The van der Waals surface area contributed by atoms with Crippen molar-refractivity contribution < 1.29 is 9.90 Å². The standard InChI is InChI=1S/C15H23NO2S/c1-2-14(17)8-10-16-15(18)12-19-11-9-13-6-4-3-5-7-13/h3-7,14,17H,2,8-12H2,1H3,(H,16,18). The van der Waals surface area contributed by atoms with E-state index >= 15 is 0 Å². The van der Waals surface area contributed by atoms with Gasteiger partial charge in [-0.25, -0.2) is 0 Å². The molecule has 0 aliphatic heterocycles. The van der Waals surface area contributed by atoms with Crippen molar-refractivity contribution in [1.82, 2.24) is 5.32 Å². The first kappa shape index (κ1) is 16.1. The summed E-state index contributed by atoms with van der Waals surface area (Å²) >= 11 is 1.65. The van der Waals surface area contributed by atoms with Crippen molar-refractivity contribution in [3.8, 4) is 0 Å². The van der Waals surface area contributed by atoms with Crippen molar-refractivity contribution in [2.24, 2.45) is 0 Å². The van der Waals surface area contributed by atoms with Crippen LogP contribution in [0.15, 0.2) is 30.3 Å². The van der Waals surface area contributed by atoms with E-state index in [2.05, 4.69) is 17.4 Å². The van der Waals surface area contributed by atoms with Crippen LogP contribution in [-0.2, 0) is 11.2 Å². The van der Waals surface area contributed by atoms with Crippen molar-refractivity contribution >= 4 is 17.7 Å². The number of benzene rings is 1. The number of amides is 1. The number of rotatable bonds is 9. The second kappa shape index (κ2) is 9.87. The Morgan fingerprint density at radius 1 is 1.37 bits per heavy atom. The van der Waals surface area contributed by atoms with Gasteiger partial charge in [-0.3, -0.25) is 4.79 Å². The Labute approximate surface area is 119 Å². The Balaban J connectivity index is 2.01. The van der Waals surface area contributed by atoms with E-state index < -0.39 is 0 Å². The maximum absolute atomic E-state index is 11.5. The van der Waals surface area contributed by atoms with Crippen LogP contribution >= 0.6 is 11.8 Å². The van der Waals surface area contributed by atoms with Gasteiger partial charge >= 0.3 is 0 Å². The fourth-order valence-corrected chi connectivity index (χ4v) is 2.44. The van der Waals surface area contributed by atoms with Gasteiger partial charge in [-0.2, -0.15) is 11.8 Å². The van der Waals surface area contributed by atoms with E-state index in [0.717, 1.165) is 18.6 Å². The summed E-state index contributed by atoms with van der Waals surface area (Å²) in [5, 5.41) is 12.2. The molecule has 0 aromatic heterocycles. The van der Waals surface area contributed by atoms with Gasteiger partial charge in [0.2, 0.25) is 5.91 Å². The van der Waals surface area contributed by atoms with Gasteiger partial charge in [0.05, 0.1) is 11.9 Å². The smallest absolute Gasteiger partial charge is 0.229 e. The zero-order chi connectivity index (χ0) is 13.9. The summed E-state index contributed by atoms with van der Waals surface area (Å²) < 4.78 is 0. The van der Waals surface area contributed by atoms with Gasteiger partial charge < -0.3 is 10.4 Å². The third-order valence-electron chi connectivity index (χ3n) is 2.88. The van der Waals surface area contributed by atoms with E-state index in [0.29, 0.717) is 18.7 Å². The molecule has 1 rings (SSSR count). The number of aryl methyl sites for hydroxylation is 1. The van der Waals surface area contributed by atoms with Crippen molar-refractivity contribution in [1.29, 1.82) is 0 Å². The molecule has 1 amide bonds. The summed E-state index contributed by atoms with van der Waals surface area (Å²) in [5.74, 6) is 1.51. The summed E-state index contributed by atoms with van der Waals surface area (Å²) in [7, 11) is 0. The Morgan fingerprint density at radius 3 is 2.79 bits per heavy atom. The van der Waals surface area contributed by atoms with Crippen molar-refractivity contribution in [3.63, 3.8) is 0 Å². The molecule has 19 heavy (non-hydrogen) atoms. The lowest BCUT2D eigenvalue weighted by atomic mass is 10.2. The van der Waals surface area contributed by atoms with E-state index in [4.69, 9.17) is 0 Å². The molecule has 0 radical (unpaired) electrons. The molecule has 1 atom stereocenters. The predicted molar refractivity (Wildman–Crippen MR) is 81.4 cm³/mol. The molecule has 0 heterocycles. The molecule has 1 unspecified atom stereocenters. The minimum Gasteiger partial charge on any atom is -0.393 e. The first-order valence-corrected chi connectivity index (χ1v) is 7.94. The number of aliphatic hydroxyl groups excluding tert-OH is 1. The quantitative estimate of drug-likeness (QED) is 0.683. The van der Waals surface area contributed by atoms with E-state index in [-0.39, 0.29) is 12.0 Å². The first-order valence-electron chi connectivity index (χ1n) is 6.78. The van der Waals surface area contributed by atoms with Crippen LogP contribution in [0.1, 0.15) is 25.3 Å². The maximum Gasteiger partial charge on any atom is 0.229 e. The third-order valence-corrected chi connectivity index (χ3v) is 3.84. The van der Waals surface area contributed by atoms with Crippen LogP contribution in [0.3, 0.4) is 0 Å². The average Bonchev–Trinajstić information content (AvgIpc) is 2.44. The zero-order valence-corrected chi connectivity index (χ0v) is 12.3. The number of thioether (sulfide) groups is 1. The number of nitrogens with one attached hydrogen (secondary N) is 1. The molecule has 0 saturated heterocycles. The van der Waals surface area contributed by atoms with Crippen LogP contribution in [0.4, 0.5) is 0 Å². The van der Waals surface area contributed by atoms with Gasteiger partial charge in [-0.15, -0.1) is 0 Å². The monoisotopic (exact) mass is 281 g/mol. The van der Waals surface area contributed by atoms with Crippen molar-refractivity contribution in [2.45, 2.75) is 32.3 Å². The number of carbonyl (C=O) groups is 1. The van der Waals surface area contributed by atoms with Crippen LogP contribution in [0.2, 0.25) is 0 Å². The second-order valence-electron chi connectivity index (χ2n) is 4.49. The molecule has 0 aliphatic rings. The molecule has 106 valence electrons. The lowest BCUT2D eigenvalue weighted by molar-refractivity contribution is -0.118. The molecule has 0 aliphatic carbocycles. The summed E-state index contributed by atoms with van der Waals surface area (Å²) in [6.45, 7) is 2.50. The van der Waals surface area contributed by atoms with Crippen LogP contribution < -0.4 is 5.32 Å². The Hall–Kier alpha value is -1.00. The lowest BCUT2D eigenvalue weighted by Gasteiger charge is -2.08. The van der Waals surface area contributed by atoms with E-state index in [1.165, 1.54) is 5.56 Å². The van der Waals surface area contributed by atoms with Gasteiger partial charge in [0.25, 0.3) is 0 Å². The van der Waals surface area contributed by atoms with Gasteiger partial charge in [-0.05, 0) is 30.6 Å². The molecule has 0 spiro atoms. The van der Waals surface area contributed by atoms with Crippen LogP contribution in [0.25, 0.3) is 0 Å². The van der Waals surface area contributed by atoms with Crippen LogP contribution in [0, 0.1) is 0 Å². The number of hydrogen-bond acceptors (Lipinski definition) is 3. The van der Waals surface area contributed by atoms with Gasteiger partial charge in [0.1, 0.15) is 0 Å². The Morgan fingerprint density at radius 2 is 2.11 bits per heavy atom. The third kappa shape index (κ3) is 7.90. The second-order valence-corrected chi connectivity index (χ2v) is 5.59.